The molecule has 260 valence electrons. The van der Waals surface area contributed by atoms with E-state index in [0.717, 1.165) is 28.2 Å². The summed E-state index contributed by atoms with van der Waals surface area (Å²) in [5, 5.41) is 0.0470. The Morgan fingerprint density at radius 3 is 1.81 bits per heavy atom. The third kappa shape index (κ3) is 9.20. The average molecular weight is 676 g/mol. The second kappa shape index (κ2) is 16.1. The van der Waals surface area contributed by atoms with Gasteiger partial charge in [-0.1, -0.05) is 82.3 Å². The molecule has 0 spiro atoms. The van der Waals surface area contributed by atoms with Gasteiger partial charge in [-0.15, -0.1) is 0 Å². The van der Waals surface area contributed by atoms with Gasteiger partial charge < -0.3 is 28.3 Å². The molecule has 3 unspecified atom stereocenters. The lowest BCUT2D eigenvalue weighted by Gasteiger charge is -2.55. The summed E-state index contributed by atoms with van der Waals surface area (Å²) in [5.74, 6) is 0.994. The highest BCUT2D eigenvalue weighted by Gasteiger charge is 2.56. The van der Waals surface area contributed by atoms with Crippen LogP contribution < -0.4 is 9.47 Å². The Hall–Kier alpha value is -3.82. The molecule has 3 aromatic carbocycles. The third-order valence-corrected chi connectivity index (χ3v) is 14.5. The van der Waals surface area contributed by atoms with Gasteiger partial charge in [-0.25, -0.2) is 4.79 Å². The maximum Gasteiger partial charge on any atom is 0.508 e. The van der Waals surface area contributed by atoms with E-state index in [2.05, 4.69) is 65.1 Å². The molecule has 4 atom stereocenters. The predicted molar refractivity (Wildman–Crippen MR) is 191 cm³/mol. The van der Waals surface area contributed by atoms with Crippen molar-refractivity contribution in [1.29, 1.82) is 0 Å². The van der Waals surface area contributed by atoms with Crippen LogP contribution in [0.15, 0.2) is 78.9 Å². The van der Waals surface area contributed by atoms with Gasteiger partial charge in [0.25, 0.3) is 0 Å². The molecule has 0 aliphatic carbocycles. The van der Waals surface area contributed by atoms with E-state index in [9.17, 15) is 9.59 Å². The molecule has 0 radical (unpaired) electrons. The van der Waals surface area contributed by atoms with Gasteiger partial charge in [-0.3, -0.25) is 4.79 Å². The molecule has 4 rings (SSSR count). The minimum Gasteiger partial charge on any atom is -0.497 e. The average Bonchev–Trinajstić information content (AvgIpc) is 3.05. The van der Waals surface area contributed by atoms with Crippen molar-refractivity contribution >= 4 is 20.4 Å². The Labute approximate surface area is 287 Å². The van der Waals surface area contributed by atoms with Crippen LogP contribution in [-0.4, -0.2) is 64.3 Å². The number of β-lactam (4-membered cyclic amide) rings is 1. The Morgan fingerprint density at radius 1 is 0.812 bits per heavy atom. The second-order valence-electron chi connectivity index (χ2n) is 14.4. The van der Waals surface area contributed by atoms with Crippen molar-refractivity contribution < 1.29 is 33.0 Å². The Morgan fingerprint density at radius 2 is 1.33 bits per heavy atom. The summed E-state index contributed by atoms with van der Waals surface area (Å²) in [6.07, 6.45) is -0.167. The maximum absolute atomic E-state index is 14.3. The van der Waals surface area contributed by atoms with E-state index in [1.54, 1.807) is 21.1 Å². The first-order valence-corrected chi connectivity index (χ1v) is 19.7. The van der Waals surface area contributed by atoms with E-state index in [4.69, 9.17) is 23.4 Å². The monoisotopic (exact) mass is 675 g/mol. The number of likely N-dealkylation sites (tertiary alicyclic amines) is 1. The van der Waals surface area contributed by atoms with Gasteiger partial charge in [0.1, 0.15) is 24.2 Å². The fraction of sp³-hybridized carbons (Fsp3) is 0.487. The van der Waals surface area contributed by atoms with Crippen LogP contribution >= 0.6 is 0 Å². The van der Waals surface area contributed by atoms with Crippen molar-refractivity contribution in [1.82, 2.24) is 4.90 Å². The maximum atomic E-state index is 14.3. The van der Waals surface area contributed by atoms with Gasteiger partial charge in [-0.2, -0.15) is 0 Å². The molecule has 9 heteroatoms. The molecule has 1 heterocycles. The van der Waals surface area contributed by atoms with Gasteiger partial charge in [0.2, 0.25) is 5.91 Å². The number of carbonyl (C=O) groups excluding carboxylic acids is 2. The van der Waals surface area contributed by atoms with Crippen molar-refractivity contribution in [3.63, 3.8) is 0 Å². The first kappa shape index (κ1) is 37.0. The van der Waals surface area contributed by atoms with E-state index in [-0.39, 0.29) is 35.6 Å². The summed E-state index contributed by atoms with van der Waals surface area (Å²) >= 11 is 0. The number of benzene rings is 3. The van der Waals surface area contributed by atoms with Crippen molar-refractivity contribution in [3.8, 4) is 11.5 Å². The number of methoxy groups -OCH3 is 2. The molecule has 1 amide bonds. The van der Waals surface area contributed by atoms with Gasteiger partial charge in [0, 0.05) is 12.6 Å². The number of nitrogens with zero attached hydrogens (tertiary/aromatic N) is 1. The Balaban J connectivity index is 1.61. The number of rotatable bonds is 15. The fourth-order valence-electron chi connectivity index (χ4n) is 6.05. The lowest BCUT2D eigenvalue weighted by molar-refractivity contribution is -0.176. The highest BCUT2D eigenvalue weighted by atomic mass is 28.4. The third-order valence-electron chi connectivity index (χ3n) is 9.97. The molecule has 0 saturated carbocycles. The van der Waals surface area contributed by atoms with Gasteiger partial charge in [0.05, 0.1) is 26.2 Å². The van der Waals surface area contributed by atoms with E-state index in [1.807, 2.05) is 59.5 Å². The molecule has 1 aliphatic rings. The van der Waals surface area contributed by atoms with Crippen molar-refractivity contribution in [2.24, 2.45) is 11.8 Å². The van der Waals surface area contributed by atoms with Gasteiger partial charge in [0.15, 0.2) is 8.32 Å². The van der Waals surface area contributed by atoms with E-state index in [0.29, 0.717) is 19.4 Å². The summed E-state index contributed by atoms with van der Waals surface area (Å²) < 4.78 is 28.7. The van der Waals surface area contributed by atoms with Crippen LogP contribution in [0.2, 0.25) is 18.1 Å². The fourth-order valence-corrected chi connectivity index (χ4v) is 7.17. The number of amides is 1. The van der Waals surface area contributed by atoms with Crippen LogP contribution in [-0.2, 0) is 38.1 Å². The zero-order valence-corrected chi connectivity index (χ0v) is 31.0. The molecule has 1 fully saturated rings. The topological polar surface area (TPSA) is 83.5 Å². The molecule has 0 N–H and O–H groups in total. The van der Waals surface area contributed by atoms with Crippen LogP contribution in [0.3, 0.4) is 0 Å². The van der Waals surface area contributed by atoms with Crippen LogP contribution in [0.25, 0.3) is 0 Å². The van der Waals surface area contributed by atoms with Gasteiger partial charge in [-0.05, 0) is 84.8 Å². The van der Waals surface area contributed by atoms with Crippen LogP contribution in [0, 0.1) is 11.8 Å². The van der Waals surface area contributed by atoms with Crippen molar-refractivity contribution in [3.05, 3.63) is 95.6 Å². The predicted octanol–water partition coefficient (Wildman–Crippen LogP) is 8.08. The zero-order valence-electron chi connectivity index (χ0n) is 30.0. The Bertz CT molecular complexity index is 1420. The normalized spacial score (nSPS) is 17.8. The first-order chi connectivity index (χ1) is 22.7. The number of ether oxygens (including phenoxy) is 4. The standard InChI is InChI=1S/C39H53NO7Si/c1-27(25-46-48(8,9)39(3,4)5)36-35(28(2)47-38(42)45-26-31-13-11-10-12-14-31)37(41)40(36)32(23-29-15-19-33(43-6)20-16-29)24-30-17-21-34(44-7)22-18-30/h10-22,27-28,32,35-36H,23-26H2,1-9H3/t27-,28?,35?,36?/m0/s1. The highest BCUT2D eigenvalue weighted by Crippen LogP contribution is 2.41. The SMILES string of the molecule is COc1ccc(CC(Cc2ccc(OC)cc2)N2C(=O)C(C(C)OC(=O)OCc3ccccc3)C2[C@@H](C)CO[Si](C)(C)C(C)(C)C)cc1. The minimum absolute atomic E-state index is 0.0116. The molecule has 8 nitrogen and oxygen atoms in total. The van der Waals surface area contributed by atoms with Crippen molar-refractivity contribution in [2.45, 2.75) is 90.4 Å². The molecule has 0 aromatic heterocycles. The van der Waals surface area contributed by atoms with E-state index in [1.165, 1.54) is 0 Å². The van der Waals surface area contributed by atoms with Crippen LogP contribution in [0.5, 0.6) is 11.5 Å². The van der Waals surface area contributed by atoms with E-state index >= 15 is 0 Å². The summed E-state index contributed by atoms with van der Waals surface area (Å²) in [6.45, 7) is 15.7. The quantitative estimate of drug-likeness (QED) is 0.0915. The molecule has 48 heavy (non-hydrogen) atoms. The lowest BCUT2D eigenvalue weighted by atomic mass is 9.74. The molecular weight excluding hydrogens is 623 g/mol. The molecule has 1 saturated heterocycles. The second-order valence-corrected chi connectivity index (χ2v) is 19.2. The smallest absolute Gasteiger partial charge is 0.497 e. The molecular formula is C39H53NO7Si. The summed E-state index contributed by atoms with van der Waals surface area (Å²) in [5.41, 5.74) is 3.06. The number of hydrogen-bond donors (Lipinski definition) is 0. The first-order valence-electron chi connectivity index (χ1n) is 16.8. The number of carbonyl (C=O) groups is 2. The molecule has 1 aliphatic heterocycles. The summed E-state index contributed by atoms with van der Waals surface area (Å²) in [4.78, 5) is 29.1. The van der Waals surface area contributed by atoms with Gasteiger partial charge >= 0.3 is 6.16 Å². The summed E-state index contributed by atoms with van der Waals surface area (Å²) in [7, 11) is 1.24. The Kier molecular flexibility index (Phi) is 12.4. The lowest BCUT2D eigenvalue weighted by Crippen LogP contribution is -2.70. The highest BCUT2D eigenvalue weighted by molar-refractivity contribution is 6.74. The van der Waals surface area contributed by atoms with E-state index < -0.39 is 26.5 Å². The zero-order chi connectivity index (χ0) is 35.1. The minimum atomic E-state index is -2.06. The van der Waals surface area contributed by atoms with Crippen LogP contribution in [0.4, 0.5) is 4.79 Å². The van der Waals surface area contributed by atoms with Crippen LogP contribution in [0.1, 0.15) is 51.3 Å². The summed E-state index contributed by atoms with van der Waals surface area (Å²) in [6, 6.07) is 25.1. The van der Waals surface area contributed by atoms with Crippen molar-refractivity contribution in [2.75, 3.05) is 20.8 Å². The molecule has 0 bridgehead atoms. The molecule has 3 aromatic rings. The largest absolute Gasteiger partial charge is 0.508 e. The number of hydrogen-bond acceptors (Lipinski definition) is 7.